The maximum absolute atomic E-state index is 11.4. The Bertz CT molecular complexity index is 349. The zero-order chi connectivity index (χ0) is 12.9. The zero-order valence-electron chi connectivity index (χ0n) is 10.2. The van der Waals surface area contributed by atoms with Crippen LogP contribution in [-0.4, -0.2) is 50.7 Å². The lowest BCUT2D eigenvalue weighted by Crippen LogP contribution is -2.35. The molecule has 0 aromatic rings. The van der Waals surface area contributed by atoms with Crippen molar-refractivity contribution in [3.63, 3.8) is 0 Å². The van der Waals surface area contributed by atoms with Crippen LogP contribution in [0.15, 0.2) is 0 Å². The van der Waals surface area contributed by atoms with Gasteiger partial charge in [-0.15, -0.1) is 0 Å². The lowest BCUT2D eigenvalue weighted by Gasteiger charge is -2.28. The maximum Gasteiger partial charge on any atom is 0.218 e. The predicted octanol–water partition coefficient (Wildman–Crippen LogP) is -0.0762. The fourth-order valence-corrected chi connectivity index (χ4v) is 3.38. The van der Waals surface area contributed by atoms with Gasteiger partial charge < -0.3 is 10.6 Å². The molecule has 1 fully saturated rings. The lowest BCUT2D eigenvalue weighted by atomic mass is 9.94. The number of likely N-dealkylation sites (tertiary alicyclic amines) is 1. The Kier molecular flexibility index (Phi) is 5.78. The van der Waals surface area contributed by atoms with Crippen LogP contribution in [0.2, 0.25) is 0 Å². The molecule has 0 amide bonds. The molecule has 0 radical (unpaired) electrons. The molecule has 0 aromatic heterocycles. The highest BCUT2D eigenvalue weighted by Crippen LogP contribution is 2.18. The molecule has 1 aliphatic rings. The zero-order valence-corrected chi connectivity index (χ0v) is 11.8. The third-order valence-electron chi connectivity index (χ3n) is 3.04. The minimum Gasteiger partial charge on any atom is -0.392 e. The van der Waals surface area contributed by atoms with Gasteiger partial charge in [-0.1, -0.05) is 12.2 Å². The third-order valence-corrected chi connectivity index (χ3v) is 4.71. The largest absolute Gasteiger partial charge is 0.392 e. The molecule has 0 aliphatic carbocycles. The molecule has 0 bridgehead atoms. The molecule has 0 unspecified atom stereocenters. The summed E-state index contributed by atoms with van der Waals surface area (Å²) in [7, 11) is -1.21. The molecule has 100 valence electrons. The van der Waals surface area contributed by atoms with Crippen molar-refractivity contribution < 1.29 is 8.42 Å². The molecule has 5 nitrogen and oxygen atoms in total. The molecule has 0 atom stereocenters. The number of hydrogen-bond acceptors (Lipinski definition) is 4. The average molecular weight is 279 g/mol. The van der Waals surface area contributed by atoms with Crippen LogP contribution in [0.1, 0.15) is 19.3 Å². The summed E-state index contributed by atoms with van der Waals surface area (Å²) in [5.74, 6) is 0.370. The van der Waals surface area contributed by atoms with E-state index < -0.39 is 10.0 Å². The van der Waals surface area contributed by atoms with E-state index in [2.05, 4.69) is 28.9 Å². The van der Waals surface area contributed by atoms with Gasteiger partial charge in [-0.2, -0.15) is 0 Å². The fourth-order valence-electron chi connectivity index (χ4n) is 2.01. The topological polar surface area (TPSA) is 75.4 Å². The second kappa shape index (κ2) is 6.63. The summed E-state index contributed by atoms with van der Waals surface area (Å²) in [4.78, 5) is 2.31. The molecule has 0 aromatic carbocycles. The molecule has 1 saturated heterocycles. The van der Waals surface area contributed by atoms with E-state index >= 15 is 0 Å². The van der Waals surface area contributed by atoms with E-state index in [1.807, 2.05) is 0 Å². The first-order chi connectivity index (χ1) is 7.89. The van der Waals surface area contributed by atoms with Gasteiger partial charge in [0.05, 0.1) is 4.99 Å². The van der Waals surface area contributed by atoms with Gasteiger partial charge in [0.1, 0.15) is 5.75 Å². The number of rotatable bonds is 6. The highest BCUT2D eigenvalue weighted by Gasteiger charge is 2.17. The van der Waals surface area contributed by atoms with Crippen molar-refractivity contribution in [1.29, 1.82) is 0 Å². The summed E-state index contributed by atoms with van der Waals surface area (Å²) < 4.78 is 25.4. The Morgan fingerprint density at radius 2 is 2.06 bits per heavy atom. The highest BCUT2D eigenvalue weighted by molar-refractivity contribution is 7.92. The minimum absolute atomic E-state index is 0.0109. The van der Waals surface area contributed by atoms with Crippen molar-refractivity contribution in [2.45, 2.75) is 19.3 Å². The molecule has 7 heteroatoms. The average Bonchev–Trinajstić information content (AvgIpc) is 2.18. The van der Waals surface area contributed by atoms with E-state index in [-0.39, 0.29) is 10.7 Å². The molecule has 0 saturated carbocycles. The molecular weight excluding hydrogens is 258 g/mol. The number of nitrogens with one attached hydrogen (secondary N) is 1. The van der Waals surface area contributed by atoms with Crippen molar-refractivity contribution in [2.75, 3.05) is 32.4 Å². The van der Waals surface area contributed by atoms with Crippen molar-refractivity contribution in [3.8, 4) is 0 Å². The monoisotopic (exact) mass is 279 g/mol. The van der Waals surface area contributed by atoms with E-state index in [0.717, 1.165) is 32.4 Å². The van der Waals surface area contributed by atoms with E-state index in [1.165, 1.54) is 0 Å². The Labute approximate surface area is 109 Å². The molecule has 1 aliphatic heterocycles. The van der Waals surface area contributed by atoms with Gasteiger partial charge in [0.25, 0.3) is 0 Å². The van der Waals surface area contributed by atoms with Gasteiger partial charge in [-0.3, -0.25) is 0 Å². The first kappa shape index (κ1) is 14.8. The quantitative estimate of drug-likeness (QED) is 0.665. The van der Waals surface area contributed by atoms with Gasteiger partial charge in [-0.25, -0.2) is 13.1 Å². The number of sulfonamides is 1. The predicted molar refractivity (Wildman–Crippen MR) is 73.4 cm³/mol. The summed E-state index contributed by atoms with van der Waals surface area (Å²) in [6.07, 6.45) is 3.19. The van der Waals surface area contributed by atoms with Crippen LogP contribution in [0.25, 0.3) is 0 Å². The van der Waals surface area contributed by atoms with Crippen LogP contribution in [0.4, 0.5) is 0 Å². The summed E-state index contributed by atoms with van der Waals surface area (Å²) in [5, 5.41) is 0. The van der Waals surface area contributed by atoms with Gasteiger partial charge in [-0.05, 0) is 45.3 Å². The molecule has 1 rings (SSSR count). The summed E-state index contributed by atoms with van der Waals surface area (Å²) in [5.41, 5.74) is 5.22. The van der Waals surface area contributed by atoms with E-state index in [9.17, 15) is 8.42 Å². The number of thiocarbonyl (C=S) groups is 1. The van der Waals surface area contributed by atoms with Crippen LogP contribution < -0.4 is 10.5 Å². The van der Waals surface area contributed by atoms with Crippen LogP contribution in [0, 0.1) is 5.92 Å². The van der Waals surface area contributed by atoms with Gasteiger partial charge in [0.15, 0.2) is 0 Å². The third kappa shape index (κ3) is 6.30. The minimum atomic E-state index is -3.32. The van der Waals surface area contributed by atoms with Gasteiger partial charge in [0, 0.05) is 6.54 Å². The van der Waals surface area contributed by atoms with Crippen molar-refractivity contribution in [3.05, 3.63) is 0 Å². The molecule has 1 heterocycles. The second-order valence-corrected chi connectivity index (χ2v) is 6.99. The number of nitrogens with two attached hydrogens (primary N) is 1. The van der Waals surface area contributed by atoms with E-state index in [1.54, 1.807) is 0 Å². The van der Waals surface area contributed by atoms with Gasteiger partial charge >= 0.3 is 0 Å². The van der Waals surface area contributed by atoms with Crippen LogP contribution in [0.5, 0.6) is 0 Å². The fraction of sp³-hybridized carbons (Fsp3) is 0.900. The first-order valence-electron chi connectivity index (χ1n) is 5.83. The first-order valence-corrected chi connectivity index (χ1v) is 7.89. The Hall–Kier alpha value is -0.240. The smallest absolute Gasteiger partial charge is 0.218 e. The maximum atomic E-state index is 11.4. The molecule has 0 spiro atoms. The second-order valence-electron chi connectivity index (χ2n) is 4.66. The molecule has 17 heavy (non-hydrogen) atoms. The SMILES string of the molecule is CN1CCC(CCNS(=O)(=O)CC(N)=S)CC1. The van der Waals surface area contributed by atoms with Crippen molar-refractivity contribution >= 4 is 27.2 Å². The summed E-state index contributed by atoms with van der Waals surface area (Å²) in [6, 6.07) is 0. The number of nitrogens with zero attached hydrogens (tertiary/aromatic N) is 1. The number of piperidine rings is 1. The highest BCUT2D eigenvalue weighted by atomic mass is 32.2. The van der Waals surface area contributed by atoms with Gasteiger partial charge in [0.2, 0.25) is 10.0 Å². The lowest BCUT2D eigenvalue weighted by molar-refractivity contribution is 0.213. The van der Waals surface area contributed by atoms with Crippen LogP contribution in [0.3, 0.4) is 0 Å². The summed E-state index contributed by atoms with van der Waals surface area (Å²) in [6.45, 7) is 2.69. The Morgan fingerprint density at radius 3 is 2.59 bits per heavy atom. The summed E-state index contributed by atoms with van der Waals surface area (Å²) >= 11 is 4.59. The molecular formula is C10H21N3O2S2. The van der Waals surface area contributed by atoms with E-state index in [4.69, 9.17) is 5.73 Å². The normalized spacial score (nSPS) is 19.4. The van der Waals surface area contributed by atoms with Crippen molar-refractivity contribution in [2.24, 2.45) is 11.7 Å². The Morgan fingerprint density at radius 1 is 1.47 bits per heavy atom. The van der Waals surface area contributed by atoms with Crippen LogP contribution in [-0.2, 0) is 10.0 Å². The van der Waals surface area contributed by atoms with Crippen LogP contribution >= 0.6 is 12.2 Å². The van der Waals surface area contributed by atoms with E-state index in [0.29, 0.717) is 12.5 Å². The standard InChI is InChI=1S/C10H21N3O2S2/c1-13-6-3-9(4-7-13)2-5-12-17(14,15)8-10(11)16/h9,12H,2-8H2,1H3,(H2,11,16). The number of hydrogen-bond donors (Lipinski definition) is 2. The Balaban J connectivity index is 2.21. The molecule has 3 N–H and O–H groups in total. The van der Waals surface area contributed by atoms with Crippen molar-refractivity contribution in [1.82, 2.24) is 9.62 Å².